The lowest BCUT2D eigenvalue weighted by atomic mass is 10.2. The molecule has 0 radical (unpaired) electrons. The average molecular weight is 362 g/mol. The first-order chi connectivity index (χ1) is 12.3. The minimum atomic E-state index is -0.234. The molecule has 1 aromatic heterocycles. The summed E-state index contributed by atoms with van der Waals surface area (Å²) in [4.78, 5) is 12.6. The summed E-state index contributed by atoms with van der Waals surface area (Å²) in [6.07, 6.45) is 0. The molecule has 0 saturated carbocycles. The van der Waals surface area contributed by atoms with Gasteiger partial charge in [0.15, 0.2) is 0 Å². The summed E-state index contributed by atoms with van der Waals surface area (Å²) in [5.74, 6) is 1.10. The Labute approximate surface area is 153 Å². The molecule has 1 aromatic carbocycles. The van der Waals surface area contributed by atoms with Gasteiger partial charge < -0.3 is 10.1 Å². The molecule has 0 aliphatic rings. The maximum Gasteiger partial charge on any atom is 0.256 e. The van der Waals surface area contributed by atoms with E-state index in [2.05, 4.69) is 20.3 Å². The van der Waals surface area contributed by atoms with Gasteiger partial charge in [-0.2, -0.15) is 15.0 Å². The Morgan fingerprint density at radius 3 is 2.08 bits per heavy atom. The van der Waals surface area contributed by atoms with Crippen molar-refractivity contribution in [3.05, 3.63) is 29.8 Å². The largest absolute Gasteiger partial charge is 0.497 e. The zero-order valence-electron chi connectivity index (χ0n) is 15.7. The molecule has 0 saturated heterocycles. The first kappa shape index (κ1) is 19.7. The second-order valence-corrected chi connectivity index (χ2v) is 6.34. The summed E-state index contributed by atoms with van der Waals surface area (Å²) in [6, 6.07) is 7.13. The van der Waals surface area contributed by atoms with E-state index in [1.807, 2.05) is 24.3 Å². The predicted octanol–water partition coefficient (Wildman–Crippen LogP) is 2.70. The topological polar surface area (TPSA) is 107 Å². The number of methoxy groups -OCH3 is 1. The number of hydroxylamine groups is 2. The number of aromatic nitrogens is 3. The minimum absolute atomic E-state index is 0.0536. The molecule has 0 spiro atoms. The van der Waals surface area contributed by atoms with Crippen molar-refractivity contribution in [1.82, 2.24) is 15.0 Å². The maximum atomic E-state index is 10.2. The molecule has 3 N–H and O–H groups in total. The van der Waals surface area contributed by atoms with Crippen molar-refractivity contribution in [1.29, 1.82) is 0 Å². The molecule has 0 aliphatic carbocycles. The van der Waals surface area contributed by atoms with E-state index >= 15 is 0 Å². The fourth-order valence-corrected chi connectivity index (χ4v) is 2.06. The molecule has 1 heterocycles. The van der Waals surface area contributed by atoms with Crippen LogP contribution in [-0.4, -0.2) is 44.6 Å². The number of nitrogens with one attached hydrogen (secondary N) is 1. The van der Waals surface area contributed by atoms with Gasteiger partial charge in [-0.15, -0.1) is 0 Å². The van der Waals surface area contributed by atoms with Crippen molar-refractivity contribution >= 4 is 17.8 Å². The Balaban J connectivity index is 2.27. The highest BCUT2D eigenvalue weighted by Gasteiger charge is 2.18. The van der Waals surface area contributed by atoms with E-state index in [9.17, 15) is 10.4 Å². The normalized spacial score (nSPS) is 11.0. The van der Waals surface area contributed by atoms with Crippen molar-refractivity contribution < 1.29 is 15.2 Å². The molecular formula is C17H26N6O3. The van der Waals surface area contributed by atoms with E-state index < -0.39 is 0 Å². The molecule has 0 amide bonds. The number of rotatable bonds is 8. The van der Waals surface area contributed by atoms with Crippen molar-refractivity contribution in [3.63, 3.8) is 0 Å². The van der Waals surface area contributed by atoms with E-state index in [0.717, 1.165) is 21.4 Å². The smallest absolute Gasteiger partial charge is 0.256 e. The van der Waals surface area contributed by atoms with Crippen molar-refractivity contribution in [2.75, 3.05) is 22.6 Å². The van der Waals surface area contributed by atoms with E-state index in [1.54, 1.807) is 34.8 Å². The number of nitrogens with zero attached hydrogens (tertiary/aromatic N) is 5. The number of hydrogen-bond donors (Lipinski definition) is 3. The molecule has 9 heteroatoms. The van der Waals surface area contributed by atoms with Gasteiger partial charge >= 0.3 is 0 Å². The fraction of sp³-hybridized carbons (Fsp3) is 0.471. The quantitative estimate of drug-likeness (QED) is 0.611. The highest BCUT2D eigenvalue weighted by Crippen LogP contribution is 2.19. The monoisotopic (exact) mass is 362 g/mol. The Morgan fingerprint density at radius 1 is 1.00 bits per heavy atom. The first-order valence-electron chi connectivity index (χ1n) is 8.41. The highest BCUT2D eigenvalue weighted by atomic mass is 16.5. The molecule has 26 heavy (non-hydrogen) atoms. The minimum Gasteiger partial charge on any atom is -0.497 e. The molecular weight excluding hydrogens is 336 g/mol. The highest BCUT2D eigenvalue weighted by molar-refractivity contribution is 5.44. The van der Waals surface area contributed by atoms with Crippen molar-refractivity contribution in [2.24, 2.45) is 0 Å². The summed E-state index contributed by atoms with van der Waals surface area (Å²) < 4.78 is 5.21. The van der Waals surface area contributed by atoms with E-state index in [4.69, 9.17) is 4.74 Å². The Morgan fingerprint density at radius 2 is 1.58 bits per heavy atom. The lowest BCUT2D eigenvalue weighted by molar-refractivity contribution is 0.214. The molecule has 2 rings (SSSR count). The van der Waals surface area contributed by atoms with Crippen LogP contribution in [-0.2, 0) is 6.54 Å². The van der Waals surface area contributed by atoms with Crippen LogP contribution in [0.15, 0.2) is 24.3 Å². The van der Waals surface area contributed by atoms with Gasteiger partial charge in [0.25, 0.3) is 11.9 Å². The summed E-state index contributed by atoms with van der Waals surface area (Å²) in [6.45, 7) is 7.64. The van der Waals surface area contributed by atoms with Crippen molar-refractivity contribution in [3.8, 4) is 5.75 Å². The number of anilines is 3. The molecule has 0 atom stereocenters. The van der Waals surface area contributed by atoms with Gasteiger partial charge in [0.2, 0.25) is 5.95 Å². The molecule has 0 fully saturated rings. The van der Waals surface area contributed by atoms with Crippen LogP contribution in [0.5, 0.6) is 5.75 Å². The first-order valence-corrected chi connectivity index (χ1v) is 8.41. The standard InChI is InChI=1S/C17H26N6O3/c1-11(2)22(24)16-19-15(20-17(21-16)23(25)12(3)4)18-10-13-7-6-8-14(9-13)26-5/h6-9,11-12,24-25H,10H2,1-5H3,(H,18,19,20,21). The summed E-state index contributed by atoms with van der Waals surface area (Å²) in [5, 5.41) is 25.3. The van der Waals surface area contributed by atoms with Crippen LogP contribution < -0.4 is 20.2 Å². The SMILES string of the molecule is COc1cccc(CNc2nc(N(O)C(C)C)nc(N(O)C(C)C)n2)c1. The van der Waals surface area contributed by atoms with Crippen LogP contribution >= 0.6 is 0 Å². The third-order valence-corrected chi connectivity index (χ3v) is 3.58. The van der Waals surface area contributed by atoms with E-state index in [-0.39, 0.29) is 29.9 Å². The molecule has 142 valence electrons. The van der Waals surface area contributed by atoms with Gasteiger partial charge in [-0.1, -0.05) is 12.1 Å². The third kappa shape index (κ3) is 4.93. The summed E-state index contributed by atoms with van der Waals surface area (Å²) >= 11 is 0. The van der Waals surface area contributed by atoms with Gasteiger partial charge in [-0.3, -0.25) is 10.4 Å². The van der Waals surface area contributed by atoms with Gasteiger partial charge in [0.05, 0.1) is 19.2 Å². The van der Waals surface area contributed by atoms with Gasteiger partial charge in [0.1, 0.15) is 5.75 Å². The number of benzene rings is 1. The van der Waals surface area contributed by atoms with Crippen LogP contribution in [0.1, 0.15) is 33.3 Å². The molecule has 0 bridgehead atoms. The zero-order valence-corrected chi connectivity index (χ0v) is 15.7. The van der Waals surface area contributed by atoms with Crippen LogP contribution in [0.25, 0.3) is 0 Å². The summed E-state index contributed by atoms with van der Waals surface area (Å²) in [5.41, 5.74) is 0.974. The Kier molecular flexibility index (Phi) is 6.53. The van der Waals surface area contributed by atoms with Crippen LogP contribution in [0.3, 0.4) is 0 Å². The molecule has 2 aromatic rings. The predicted molar refractivity (Wildman–Crippen MR) is 99.0 cm³/mol. The second-order valence-electron chi connectivity index (χ2n) is 6.34. The number of ether oxygens (including phenoxy) is 1. The van der Waals surface area contributed by atoms with E-state index in [0.29, 0.717) is 6.54 Å². The zero-order chi connectivity index (χ0) is 19.3. The second kappa shape index (κ2) is 8.63. The average Bonchev–Trinajstić information content (AvgIpc) is 2.64. The lowest BCUT2D eigenvalue weighted by Gasteiger charge is -2.23. The van der Waals surface area contributed by atoms with Crippen LogP contribution in [0, 0.1) is 0 Å². The fourth-order valence-electron chi connectivity index (χ4n) is 2.06. The molecule has 0 aliphatic heterocycles. The van der Waals surface area contributed by atoms with Gasteiger partial charge in [-0.05, 0) is 45.4 Å². The molecule has 9 nitrogen and oxygen atoms in total. The maximum absolute atomic E-state index is 10.2. The van der Waals surface area contributed by atoms with Crippen LogP contribution in [0.4, 0.5) is 17.8 Å². The summed E-state index contributed by atoms with van der Waals surface area (Å²) in [7, 11) is 1.61. The van der Waals surface area contributed by atoms with Crippen LogP contribution in [0.2, 0.25) is 0 Å². The van der Waals surface area contributed by atoms with Gasteiger partial charge in [0, 0.05) is 6.54 Å². The lowest BCUT2D eigenvalue weighted by Crippen LogP contribution is -2.32. The Bertz CT molecular complexity index is 693. The van der Waals surface area contributed by atoms with E-state index in [1.165, 1.54) is 0 Å². The molecule has 0 unspecified atom stereocenters. The van der Waals surface area contributed by atoms with Crippen molar-refractivity contribution in [2.45, 2.75) is 46.3 Å². The van der Waals surface area contributed by atoms with Gasteiger partial charge in [-0.25, -0.2) is 10.1 Å². The Hall–Kier alpha value is -2.65. The number of hydrogen-bond acceptors (Lipinski definition) is 9. The third-order valence-electron chi connectivity index (χ3n) is 3.58.